The van der Waals surface area contributed by atoms with E-state index in [4.69, 9.17) is 0 Å². The van der Waals surface area contributed by atoms with Crippen molar-refractivity contribution in [3.05, 3.63) is 84.1 Å². The van der Waals surface area contributed by atoms with E-state index in [1.165, 1.54) is 5.70 Å². The number of carbonyl (C=O) groups excluding carboxylic acids is 1. The van der Waals surface area contributed by atoms with E-state index in [-0.39, 0.29) is 0 Å². The Labute approximate surface area is 125 Å². The van der Waals surface area contributed by atoms with Crippen LogP contribution in [-0.2, 0) is 0 Å². The maximum atomic E-state index is 10.8. The van der Waals surface area contributed by atoms with Crippen molar-refractivity contribution in [2.24, 2.45) is 0 Å². The van der Waals surface area contributed by atoms with Gasteiger partial charge in [-0.15, -0.1) is 0 Å². The van der Waals surface area contributed by atoms with E-state index in [0.717, 1.165) is 30.5 Å². The van der Waals surface area contributed by atoms with E-state index >= 15 is 0 Å². The molecule has 0 heterocycles. The minimum Gasteiger partial charge on any atom is -0.311 e. The van der Waals surface area contributed by atoms with E-state index < -0.39 is 0 Å². The molecule has 0 atom stereocenters. The van der Waals surface area contributed by atoms with Crippen LogP contribution in [0.2, 0.25) is 0 Å². The van der Waals surface area contributed by atoms with Crippen molar-refractivity contribution in [3.8, 4) is 0 Å². The molecule has 2 heteroatoms. The zero-order chi connectivity index (χ0) is 14.5. The van der Waals surface area contributed by atoms with Gasteiger partial charge in [0.05, 0.1) is 0 Å². The molecule has 1 aliphatic carbocycles. The lowest BCUT2D eigenvalue weighted by Gasteiger charge is -2.27. The molecule has 104 valence electrons. The molecule has 2 aromatic carbocycles. The van der Waals surface area contributed by atoms with Crippen molar-refractivity contribution in [3.63, 3.8) is 0 Å². The van der Waals surface area contributed by atoms with Gasteiger partial charge in [0.15, 0.2) is 0 Å². The monoisotopic (exact) mass is 275 g/mol. The lowest BCUT2D eigenvalue weighted by Crippen LogP contribution is -2.16. The molecule has 0 amide bonds. The summed E-state index contributed by atoms with van der Waals surface area (Å²) in [6.45, 7) is 0. The highest BCUT2D eigenvalue weighted by Gasteiger charge is 2.13. The highest BCUT2D eigenvalue weighted by molar-refractivity contribution is 5.77. The number of carbonyl (C=O) groups is 1. The van der Waals surface area contributed by atoms with Gasteiger partial charge in [0.25, 0.3) is 0 Å². The zero-order valence-electron chi connectivity index (χ0n) is 11.8. The van der Waals surface area contributed by atoms with Gasteiger partial charge in [-0.25, -0.2) is 0 Å². The number of anilines is 2. The third-order valence-corrected chi connectivity index (χ3v) is 3.54. The van der Waals surface area contributed by atoms with Gasteiger partial charge >= 0.3 is 0 Å². The Bertz CT molecular complexity index is 668. The lowest BCUT2D eigenvalue weighted by atomic mass is 10.1. The van der Waals surface area contributed by atoms with Crippen molar-refractivity contribution in [2.75, 3.05) is 4.90 Å². The van der Waals surface area contributed by atoms with Gasteiger partial charge < -0.3 is 4.90 Å². The van der Waals surface area contributed by atoms with Crippen LogP contribution in [0, 0.1) is 0 Å². The summed E-state index contributed by atoms with van der Waals surface area (Å²) in [6, 6.07) is 18.0. The van der Waals surface area contributed by atoms with Crippen LogP contribution in [0.3, 0.4) is 0 Å². The van der Waals surface area contributed by atoms with Gasteiger partial charge in [-0.1, -0.05) is 30.4 Å². The fourth-order valence-electron chi connectivity index (χ4n) is 2.49. The van der Waals surface area contributed by atoms with Crippen LogP contribution < -0.4 is 4.90 Å². The van der Waals surface area contributed by atoms with E-state index in [9.17, 15) is 4.79 Å². The average Bonchev–Trinajstić information content (AvgIpc) is 2.58. The first-order chi connectivity index (χ1) is 10.4. The Morgan fingerprint density at radius 3 is 2.19 bits per heavy atom. The Morgan fingerprint density at radius 1 is 0.857 bits per heavy atom. The van der Waals surface area contributed by atoms with Crippen LogP contribution in [0.5, 0.6) is 0 Å². The molecule has 3 rings (SSSR count). The first-order valence-corrected chi connectivity index (χ1v) is 7.15. The van der Waals surface area contributed by atoms with Gasteiger partial charge in [-0.2, -0.15) is 0 Å². The average molecular weight is 275 g/mol. The fraction of sp³-hybridized carbons (Fsp3) is 0.105. The predicted octanol–water partition coefficient (Wildman–Crippen LogP) is 4.87. The van der Waals surface area contributed by atoms with Crippen LogP contribution in [-0.4, -0.2) is 6.29 Å². The highest BCUT2D eigenvalue weighted by atomic mass is 16.1. The molecule has 21 heavy (non-hydrogen) atoms. The molecule has 2 aromatic rings. The van der Waals surface area contributed by atoms with Crippen molar-refractivity contribution < 1.29 is 4.79 Å². The van der Waals surface area contributed by atoms with Gasteiger partial charge in [0.1, 0.15) is 6.29 Å². The number of hydrogen-bond donors (Lipinski definition) is 0. The van der Waals surface area contributed by atoms with Gasteiger partial charge in [0, 0.05) is 22.6 Å². The number of nitrogens with zero attached hydrogens (tertiary/aromatic N) is 1. The van der Waals surface area contributed by atoms with Crippen LogP contribution in [0.1, 0.15) is 23.2 Å². The standard InChI is InChI=1S/C19H17NO/c21-15-16-11-13-19(14-12-16)20(17-7-3-1-4-8-17)18-9-5-2-6-10-18/h1,3-5,7-15H,2,6H2. The van der Waals surface area contributed by atoms with E-state index in [1.54, 1.807) is 0 Å². The first kappa shape index (κ1) is 13.4. The number of aldehydes is 1. The number of benzene rings is 2. The van der Waals surface area contributed by atoms with Crippen LogP contribution in [0.4, 0.5) is 11.4 Å². The van der Waals surface area contributed by atoms with E-state index in [0.29, 0.717) is 5.56 Å². The molecular weight excluding hydrogens is 258 g/mol. The second-order valence-corrected chi connectivity index (χ2v) is 4.99. The topological polar surface area (TPSA) is 20.3 Å². The summed E-state index contributed by atoms with van der Waals surface area (Å²) in [5.41, 5.74) is 4.05. The smallest absolute Gasteiger partial charge is 0.150 e. The number of hydrogen-bond acceptors (Lipinski definition) is 2. The molecule has 0 aromatic heterocycles. The zero-order valence-corrected chi connectivity index (χ0v) is 11.8. The molecule has 0 unspecified atom stereocenters. The molecule has 0 saturated heterocycles. The number of allylic oxidation sites excluding steroid dienone is 3. The molecule has 1 aliphatic rings. The first-order valence-electron chi connectivity index (χ1n) is 7.15. The molecule has 0 bridgehead atoms. The van der Waals surface area contributed by atoms with E-state index in [1.807, 2.05) is 42.5 Å². The van der Waals surface area contributed by atoms with Crippen LogP contribution in [0.25, 0.3) is 0 Å². The summed E-state index contributed by atoms with van der Waals surface area (Å²) in [7, 11) is 0. The van der Waals surface area contributed by atoms with E-state index in [2.05, 4.69) is 35.3 Å². The summed E-state index contributed by atoms with van der Waals surface area (Å²) >= 11 is 0. The summed E-state index contributed by atoms with van der Waals surface area (Å²) in [6.07, 6.45) is 9.63. The molecule has 0 aliphatic heterocycles. The maximum Gasteiger partial charge on any atom is 0.150 e. The van der Waals surface area contributed by atoms with Gasteiger partial charge in [-0.3, -0.25) is 4.79 Å². The molecule has 2 nitrogen and oxygen atoms in total. The van der Waals surface area contributed by atoms with Gasteiger partial charge in [0.2, 0.25) is 0 Å². The number of para-hydroxylation sites is 1. The predicted molar refractivity (Wildman–Crippen MR) is 86.9 cm³/mol. The summed E-state index contributed by atoms with van der Waals surface area (Å²) in [5, 5.41) is 0. The third kappa shape index (κ3) is 2.95. The molecule has 0 spiro atoms. The van der Waals surface area contributed by atoms with Crippen molar-refractivity contribution >= 4 is 17.7 Å². The SMILES string of the molecule is O=Cc1ccc(N(C2=CCCC=C2)c2ccccc2)cc1. The molecular formula is C19H17NO. The summed E-state index contributed by atoms with van der Waals surface area (Å²) in [4.78, 5) is 13.0. The lowest BCUT2D eigenvalue weighted by molar-refractivity contribution is 0.112. The Kier molecular flexibility index (Phi) is 3.97. The normalized spacial score (nSPS) is 13.6. The van der Waals surface area contributed by atoms with Crippen LogP contribution in [0.15, 0.2) is 78.5 Å². The summed E-state index contributed by atoms with van der Waals surface area (Å²) in [5.74, 6) is 0. The number of rotatable bonds is 4. The van der Waals surface area contributed by atoms with Crippen molar-refractivity contribution in [1.82, 2.24) is 0 Å². The summed E-state index contributed by atoms with van der Waals surface area (Å²) < 4.78 is 0. The molecule has 0 N–H and O–H groups in total. The minimum atomic E-state index is 0.694. The quantitative estimate of drug-likeness (QED) is 0.742. The van der Waals surface area contributed by atoms with Crippen LogP contribution >= 0.6 is 0 Å². The highest BCUT2D eigenvalue weighted by Crippen LogP contribution is 2.31. The molecule has 0 saturated carbocycles. The second-order valence-electron chi connectivity index (χ2n) is 4.99. The van der Waals surface area contributed by atoms with Crippen molar-refractivity contribution in [1.29, 1.82) is 0 Å². The second kappa shape index (κ2) is 6.23. The Hall–Kier alpha value is -2.61. The fourth-order valence-corrected chi connectivity index (χ4v) is 2.49. The molecule has 0 fully saturated rings. The van der Waals surface area contributed by atoms with Gasteiger partial charge in [-0.05, 0) is 55.3 Å². The Balaban J connectivity index is 2.04. The minimum absolute atomic E-state index is 0.694. The third-order valence-electron chi connectivity index (χ3n) is 3.54. The maximum absolute atomic E-state index is 10.8. The van der Waals surface area contributed by atoms with Crippen molar-refractivity contribution in [2.45, 2.75) is 12.8 Å². The largest absolute Gasteiger partial charge is 0.311 e. The molecule has 0 radical (unpaired) electrons. The Morgan fingerprint density at radius 2 is 1.57 bits per heavy atom.